The van der Waals surface area contributed by atoms with Crippen molar-refractivity contribution < 1.29 is 18.7 Å². The van der Waals surface area contributed by atoms with Crippen LogP contribution in [0.15, 0.2) is 59.2 Å². The number of hydrogen-bond acceptors (Lipinski definition) is 5. The van der Waals surface area contributed by atoms with Crippen LogP contribution in [0.2, 0.25) is 5.02 Å². The molecule has 0 atom stereocenters. The van der Waals surface area contributed by atoms with Crippen LogP contribution in [0, 0.1) is 6.92 Å². The predicted molar refractivity (Wildman–Crippen MR) is 117 cm³/mol. The summed E-state index contributed by atoms with van der Waals surface area (Å²) >= 11 is 6.42. The number of nitrogens with one attached hydrogen (secondary N) is 2. The van der Waals surface area contributed by atoms with Gasteiger partial charge >= 0.3 is 0 Å². The summed E-state index contributed by atoms with van der Waals surface area (Å²) < 4.78 is 16.7. The molecule has 0 aliphatic heterocycles. The first-order valence-electron chi connectivity index (χ1n) is 9.72. The van der Waals surface area contributed by atoms with Gasteiger partial charge in [0.2, 0.25) is 0 Å². The summed E-state index contributed by atoms with van der Waals surface area (Å²) in [7, 11) is 0. The van der Waals surface area contributed by atoms with Gasteiger partial charge in [0, 0.05) is 23.3 Å². The minimum absolute atomic E-state index is 0.152. The Morgan fingerprint density at radius 3 is 2.53 bits per heavy atom. The fraction of sp³-hybridized carbons (Fsp3) is 0.261. The highest BCUT2D eigenvalue weighted by Gasteiger charge is 2.13. The van der Waals surface area contributed by atoms with Crippen molar-refractivity contribution in [1.82, 2.24) is 5.32 Å². The number of carbonyl (C=O) groups excluding carboxylic acids is 1. The van der Waals surface area contributed by atoms with Crippen molar-refractivity contribution in [1.29, 1.82) is 0 Å². The first kappa shape index (κ1) is 21.7. The van der Waals surface area contributed by atoms with E-state index in [9.17, 15) is 4.79 Å². The van der Waals surface area contributed by atoms with Crippen molar-refractivity contribution in [2.75, 3.05) is 18.5 Å². The molecule has 0 aliphatic carbocycles. The van der Waals surface area contributed by atoms with Gasteiger partial charge in [-0.1, -0.05) is 29.3 Å². The lowest BCUT2D eigenvalue weighted by Gasteiger charge is -2.15. The molecule has 1 heterocycles. The number of benzene rings is 2. The van der Waals surface area contributed by atoms with E-state index in [0.717, 1.165) is 22.6 Å². The zero-order valence-electron chi connectivity index (χ0n) is 17.0. The highest BCUT2D eigenvalue weighted by atomic mass is 35.5. The molecule has 0 spiro atoms. The number of halogens is 1. The summed E-state index contributed by atoms with van der Waals surface area (Å²) in [5.41, 5.74) is 2.71. The minimum Gasteiger partial charge on any atom is -0.490 e. The van der Waals surface area contributed by atoms with E-state index in [1.165, 1.54) is 0 Å². The van der Waals surface area contributed by atoms with Gasteiger partial charge in [-0.2, -0.15) is 0 Å². The fourth-order valence-electron chi connectivity index (χ4n) is 2.80. The largest absolute Gasteiger partial charge is 0.490 e. The molecule has 0 aliphatic rings. The van der Waals surface area contributed by atoms with Gasteiger partial charge in [0.25, 0.3) is 5.91 Å². The van der Waals surface area contributed by atoms with Crippen LogP contribution in [0.25, 0.3) is 0 Å². The highest BCUT2D eigenvalue weighted by Crippen LogP contribution is 2.33. The van der Waals surface area contributed by atoms with Gasteiger partial charge in [0.05, 0.1) is 19.4 Å². The van der Waals surface area contributed by atoms with E-state index >= 15 is 0 Å². The van der Waals surface area contributed by atoms with Gasteiger partial charge in [-0.25, -0.2) is 0 Å². The van der Waals surface area contributed by atoms with E-state index in [4.69, 9.17) is 25.5 Å². The second-order valence-corrected chi connectivity index (χ2v) is 7.12. The first-order chi connectivity index (χ1) is 14.5. The minimum atomic E-state index is -0.262. The summed E-state index contributed by atoms with van der Waals surface area (Å²) in [5, 5.41) is 6.61. The Morgan fingerprint density at radius 2 is 1.83 bits per heavy atom. The molecule has 0 unspecified atom stereocenters. The summed E-state index contributed by atoms with van der Waals surface area (Å²) in [6.07, 6.45) is 1.64. The molecule has 158 valence electrons. The molecule has 30 heavy (non-hydrogen) atoms. The molecule has 1 aromatic heterocycles. The van der Waals surface area contributed by atoms with Crippen molar-refractivity contribution in [3.63, 3.8) is 0 Å². The molecule has 3 rings (SSSR count). The summed E-state index contributed by atoms with van der Waals surface area (Å²) in [6.45, 7) is 5.31. The van der Waals surface area contributed by atoms with Gasteiger partial charge in [-0.15, -0.1) is 0 Å². The summed E-state index contributed by atoms with van der Waals surface area (Å²) in [4.78, 5) is 12.2. The average Bonchev–Trinajstić information content (AvgIpc) is 3.24. The molecule has 3 aromatic rings. The summed E-state index contributed by atoms with van der Waals surface area (Å²) in [6, 6.07) is 14.8. The number of furan rings is 1. The maximum absolute atomic E-state index is 12.2. The number of carbonyl (C=O) groups is 1. The zero-order valence-corrected chi connectivity index (χ0v) is 17.8. The smallest absolute Gasteiger partial charge is 0.262 e. The number of rotatable bonds is 10. The Morgan fingerprint density at radius 1 is 1.07 bits per heavy atom. The highest BCUT2D eigenvalue weighted by molar-refractivity contribution is 6.31. The van der Waals surface area contributed by atoms with Crippen LogP contribution in [0.1, 0.15) is 23.8 Å². The number of aryl methyl sites for hydroxylation is 1. The lowest BCUT2D eigenvalue weighted by atomic mass is 10.2. The van der Waals surface area contributed by atoms with Crippen molar-refractivity contribution >= 4 is 23.2 Å². The fourth-order valence-corrected chi connectivity index (χ4v) is 3.03. The van der Waals surface area contributed by atoms with E-state index in [1.54, 1.807) is 12.3 Å². The molecule has 7 heteroatoms. The summed E-state index contributed by atoms with van der Waals surface area (Å²) in [5.74, 6) is 1.55. The molecule has 0 radical (unpaired) electrons. The topological polar surface area (TPSA) is 72.7 Å². The van der Waals surface area contributed by atoms with E-state index in [0.29, 0.717) is 36.2 Å². The molecular weight excluding hydrogens is 404 g/mol. The van der Waals surface area contributed by atoms with Crippen LogP contribution in [0.4, 0.5) is 5.69 Å². The average molecular weight is 429 g/mol. The third kappa shape index (κ3) is 6.27. The van der Waals surface area contributed by atoms with Gasteiger partial charge in [0.15, 0.2) is 18.1 Å². The van der Waals surface area contributed by atoms with Gasteiger partial charge in [0.1, 0.15) is 5.76 Å². The predicted octanol–water partition coefficient (Wildman–Crippen LogP) is 4.95. The van der Waals surface area contributed by atoms with Crippen molar-refractivity contribution in [2.45, 2.75) is 26.9 Å². The molecular formula is C23H25ClN2O4. The van der Waals surface area contributed by atoms with E-state index in [1.807, 2.05) is 56.3 Å². The lowest BCUT2D eigenvalue weighted by molar-refractivity contribution is -0.118. The Balaban J connectivity index is 1.60. The maximum atomic E-state index is 12.2. The van der Waals surface area contributed by atoms with E-state index in [-0.39, 0.29) is 12.5 Å². The van der Waals surface area contributed by atoms with Gasteiger partial charge < -0.3 is 24.5 Å². The molecule has 1 amide bonds. The van der Waals surface area contributed by atoms with E-state index < -0.39 is 0 Å². The van der Waals surface area contributed by atoms with Crippen molar-refractivity contribution in [3.05, 3.63) is 76.7 Å². The molecule has 0 saturated heterocycles. The second-order valence-electron chi connectivity index (χ2n) is 6.71. The molecule has 6 nitrogen and oxygen atoms in total. The Labute approximate surface area is 181 Å². The zero-order chi connectivity index (χ0) is 21.3. The quantitative estimate of drug-likeness (QED) is 0.478. The molecule has 0 bridgehead atoms. The molecule has 0 fully saturated rings. The van der Waals surface area contributed by atoms with Crippen LogP contribution >= 0.6 is 11.6 Å². The monoisotopic (exact) mass is 428 g/mol. The molecule has 2 N–H and O–H groups in total. The van der Waals surface area contributed by atoms with Crippen molar-refractivity contribution in [2.24, 2.45) is 0 Å². The SMILES string of the molecule is CCOc1cc(CNCc2ccco2)c(Cl)cc1OCC(=O)Nc1ccc(C)cc1. The Kier molecular flexibility index (Phi) is 7.76. The lowest BCUT2D eigenvalue weighted by Crippen LogP contribution is -2.20. The number of hydrogen-bond donors (Lipinski definition) is 2. The van der Waals surface area contributed by atoms with Crippen molar-refractivity contribution in [3.8, 4) is 11.5 Å². The third-order valence-corrected chi connectivity index (χ3v) is 4.65. The number of anilines is 1. The van der Waals surface area contributed by atoms with Gasteiger partial charge in [-0.3, -0.25) is 4.79 Å². The first-order valence-corrected chi connectivity index (χ1v) is 10.1. The van der Waals surface area contributed by atoms with Crippen LogP contribution in [0.3, 0.4) is 0 Å². The molecule has 2 aromatic carbocycles. The standard InChI is InChI=1S/C23H25ClN2O4/c1-3-28-21-11-17(13-25-14-19-5-4-10-29-19)20(24)12-22(21)30-15-23(27)26-18-8-6-16(2)7-9-18/h4-12,25H,3,13-15H2,1-2H3,(H,26,27). The van der Waals surface area contributed by atoms with Gasteiger partial charge in [-0.05, 0) is 49.7 Å². The normalized spacial score (nSPS) is 10.6. The third-order valence-electron chi connectivity index (χ3n) is 4.30. The van der Waals surface area contributed by atoms with Crippen LogP contribution in [-0.4, -0.2) is 19.1 Å². The Hall–Kier alpha value is -2.96. The number of amides is 1. The van der Waals surface area contributed by atoms with Crippen LogP contribution in [0.5, 0.6) is 11.5 Å². The van der Waals surface area contributed by atoms with Crippen LogP contribution < -0.4 is 20.1 Å². The maximum Gasteiger partial charge on any atom is 0.262 e. The van der Waals surface area contributed by atoms with E-state index in [2.05, 4.69) is 10.6 Å². The molecule has 0 saturated carbocycles. The second kappa shape index (κ2) is 10.7. The van der Waals surface area contributed by atoms with Crippen LogP contribution in [-0.2, 0) is 17.9 Å². The Bertz CT molecular complexity index is 956. The number of ether oxygens (including phenoxy) is 2.